The number of nitrogens with one attached hydrogen (secondary N) is 3. The first-order chi connectivity index (χ1) is 13.4. The van der Waals surface area contributed by atoms with Crippen LogP contribution in [0.3, 0.4) is 0 Å². The monoisotopic (exact) mass is 512 g/mol. The second-order valence-corrected chi connectivity index (χ2v) is 6.63. The lowest BCUT2D eigenvalue weighted by molar-refractivity contribution is 0.0955. The number of nitrogens with zero attached hydrogens (tertiary/aromatic N) is 1. The van der Waals surface area contributed by atoms with Crippen LogP contribution in [0.15, 0.2) is 47.5 Å². The van der Waals surface area contributed by atoms with Gasteiger partial charge in [-0.15, -0.1) is 24.0 Å². The zero-order valence-corrected chi connectivity index (χ0v) is 19.7. The Morgan fingerprint density at radius 2 is 1.83 bits per heavy atom. The van der Waals surface area contributed by atoms with E-state index in [0.717, 1.165) is 11.1 Å². The first-order valence-corrected chi connectivity index (χ1v) is 9.62. The van der Waals surface area contributed by atoms with Crippen LogP contribution in [-0.2, 0) is 6.54 Å². The molecule has 3 N–H and O–H groups in total. The zero-order chi connectivity index (χ0) is 20.5. The normalized spacial score (nSPS) is 12.0. The van der Waals surface area contributed by atoms with Gasteiger partial charge in [0.1, 0.15) is 5.82 Å². The predicted molar refractivity (Wildman–Crippen MR) is 127 cm³/mol. The van der Waals surface area contributed by atoms with Crippen molar-refractivity contribution in [3.63, 3.8) is 0 Å². The number of hydrogen-bond acceptors (Lipinski definition) is 2. The fourth-order valence-electron chi connectivity index (χ4n) is 2.73. The van der Waals surface area contributed by atoms with Gasteiger partial charge >= 0.3 is 0 Å². The maximum atomic E-state index is 13.8. The number of carbonyl (C=O) groups excluding carboxylic acids is 1. The number of guanidine groups is 1. The summed E-state index contributed by atoms with van der Waals surface area (Å²) in [4.78, 5) is 16.6. The summed E-state index contributed by atoms with van der Waals surface area (Å²) in [5.74, 6) is 0.336. The van der Waals surface area contributed by atoms with Crippen LogP contribution in [0.2, 0.25) is 0 Å². The molecule has 158 valence electrons. The van der Waals surface area contributed by atoms with Crippen molar-refractivity contribution in [2.24, 2.45) is 4.99 Å². The Morgan fingerprint density at radius 3 is 2.48 bits per heavy atom. The smallest absolute Gasteiger partial charge is 0.251 e. The van der Waals surface area contributed by atoms with Gasteiger partial charge < -0.3 is 16.0 Å². The van der Waals surface area contributed by atoms with E-state index in [1.54, 1.807) is 25.1 Å². The summed E-state index contributed by atoms with van der Waals surface area (Å²) >= 11 is 0. The molecule has 0 aliphatic carbocycles. The second-order valence-electron chi connectivity index (χ2n) is 6.63. The van der Waals surface area contributed by atoms with Crippen LogP contribution in [-0.4, -0.2) is 25.0 Å². The number of carbonyl (C=O) groups is 1. The van der Waals surface area contributed by atoms with Crippen molar-refractivity contribution >= 4 is 35.8 Å². The summed E-state index contributed by atoms with van der Waals surface area (Å²) in [5.41, 5.74) is 3.04. The molecule has 1 amide bonds. The average Bonchev–Trinajstić information content (AvgIpc) is 2.68. The van der Waals surface area contributed by atoms with Crippen molar-refractivity contribution in [2.75, 3.05) is 13.1 Å². The molecule has 7 heteroatoms. The number of aliphatic imine (C=N–C) groups is 1. The van der Waals surface area contributed by atoms with Crippen LogP contribution in [0.1, 0.15) is 53.9 Å². The maximum Gasteiger partial charge on any atom is 0.251 e. The van der Waals surface area contributed by atoms with Crippen molar-refractivity contribution in [3.8, 4) is 0 Å². The summed E-state index contributed by atoms with van der Waals surface area (Å²) in [6.07, 6.45) is 0. The molecule has 2 aromatic carbocycles. The second kappa shape index (κ2) is 12.4. The van der Waals surface area contributed by atoms with Crippen molar-refractivity contribution in [1.29, 1.82) is 0 Å². The Bertz CT molecular complexity index is 841. The number of amides is 1. The minimum absolute atomic E-state index is 0. The number of rotatable bonds is 7. The van der Waals surface area contributed by atoms with Crippen molar-refractivity contribution < 1.29 is 9.18 Å². The van der Waals surface area contributed by atoms with Gasteiger partial charge in [0.2, 0.25) is 0 Å². The molecule has 0 radical (unpaired) electrons. The molecule has 1 atom stereocenters. The van der Waals surface area contributed by atoms with Gasteiger partial charge in [-0.2, -0.15) is 0 Å². The number of aryl methyl sites for hydroxylation is 1. The molecular formula is C22H30FIN4O. The molecule has 0 saturated heterocycles. The minimum Gasteiger partial charge on any atom is -0.357 e. The van der Waals surface area contributed by atoms with Gasteiger partial charge in [-0.1, -0.05) is 24.3 Å². The first kappa shape index (κ1) is 24.9. The topological polar surface area (TPSA) is 65.5 Å². The van der Waals surface area contributed by atoms with Crippen LogP contribution < -0.4 is 16.0 Å². The summed E-state index contributed by atoms with van der Waals surface area (Å²) in [6, 6.07) is 12.6. The predicted octanol–water partition coefficient (Wildman–Crippen LogP) is 4.32. The highest BCUT2D eigenvalue weighted by Crippen LogP contribution is 2.16. The highest BCUT2D eigenvalue weighted by molar-refractivity contribution is 14.0. The molecule has 0 fully saturated rings. The Kier molecular flexibility index (Phi) is 10.6. The van der Waals surface area contributed by atoms with E-state index in [9.17, 15) is 9.18 Å². The lowest BCUT2D eigenvalue weighted by Gasteiger charge is -2.18. The Morgan fingerprint density at radius 1 is 1.10 bits per heavy atom. The van der Waals surface area contributed by atoms with Gasteiger partial charge in [-0.3, -0.25) is 4.79 Å². The summed E-state index contributed by atoms with van der Waals surface area (Å²) in [6.45, 7) is 9.32. The molecule has 5 nitrogen and oxygen atoms in total. The van der Waals surface area contributed by atoms with E-state index in [0.29, 0.717) is 36.7 Å². The summed E-state index contributed by atoms with van der Waals surface area (Å²) in [7, 11) is 0. The lowest BCUT2D eigenvalue weighted by Crippen LogP contribution is -2.38. The lowest BCUT2D eigenvalue weighted by atomic mass is 10.1. The van der Waals surface area contributed by atoms with Crippen molar-refractivity contribution in [2.45, 2.75) is 40.3 Å². The highest BCUT2D eigenvalue weighted by Gasteiger charge is 2.10. The molecule has 1 unspecified atom stereocenters. The van der Waals surface area contributed by atoms with Gasteiger partial charge in [-0.05, 0) is 62.6 Å². The third kappa shape index (κ3) is 7.64. The van der Waals surface area contributed by atoms with E-state index >= 15 is 0 Å². The van der Waals surface area contributed by atoms with Crippen LogP contribution in [0, 0.1) is 12.7 Å². The van der Waals surface area contributed by atoms with Gasteiger partial charge in [0.15, 0.2) is 5.96 Å². The maximum absolute atomic E-state index is 13.8. The molecule has 0 heterocycles. The van der Waals surface area contributed by atoms with E-state index in [1.165, 1.54) is 0 Å². The van der Waals surface area contributed by atoms with Gasteiger partial charge in [-0.25, -0.2) is 9.38 Å². The molecular weight excluding hydrogens is 482 g/mol. The minimum atomic E-state index is -0.213. The van der Waals surface area contributed by atoms with Crippen LogP contribution in [0.4, 0.5) is 4.39 Å². The van der Waals surface area contributed by atoms with Crippen molar-refractivity contribution in [3.05, 3.63) is 70.5 Å². The largest absolute Gasteiger partial charge is 0.357 e. The highest BCUT2D eigenvalue weighted by atomic mass is 127. The third-order valence-electron chi connectivity index (χ3n) is 4.34. The van der Waals surface area contributed by atoms with E-state index in [1.807, 2.05) is 45.0 Å². The molecule has 0 aromatic heterocycles. The standard InChI is InChI=1S/C22H29FN4O.HI/c1-5-24-21(28)19-9-7-8-17(12-19)14-26-22(25-6-2)27-16(4)18-11-10-15(3)20(23)13-18;/h7-13,16H,5-6,14H2,1-4H3,(H,24,28)(H2,25,26,27);1H. The molecule has 0 bridgehead atoms. The van der Waals surface area contributed by atoms with Gasteiger partial charge in [0.05, 0.1) is 12.6 Å². The number of halogens is 2. The number of hydrogen-bond donors (Lipinski definition) is 3. The van der Waals surface area contributed by atoms with Crippen LogP contribution in [0.25, 0.3) is 0 Å². The van der Waals surface area contributed by atoms with Gasteiger partial charge in [0, 0.05) is 18.7 Å². The molecule has 0 saturated carbocycles. The van der Waals surface area contributed by atoms with Gasteiger partial charge in [0.25, 0.3) is 5.91 Å². The van der Waals surface area contributed by atoms with Crippen LogP contribution in [0.5, 0.6) is 0 Å². The quantitative estimate of drug-likeness (QED) is 0.294. The fraction of sp³-hybridized carbons (Fsp3) is 0.364. The molecule has 29 heavy (non-hydrogen) atoms. The van der Waals surface area contributed by atoms with E-state index in [2.05, 4.69) is 20.9 Å². The van der Waals surface area contributed by atoms with E-state index < -0.39 is 0 Å². The van der Waals surface area contributed by atoms with Crippen LogP contribution >= 0.6 is 24.0 Å². The molecule has 0 aliphatic heterocycles. The molecule has 2 rings (SSSR count). The Labute approximate surface area is 189 Å². The summed E-state index contributed by atoms with van der Waals surface area (Å²) in [5, 5.41) is 9.30. The fourth-order valence-corrected chi connectivity index (χ4v) is 2.73. The summed E-state index contributed by atoms with van der Waals surface area (Å²) < 4.78 is 13.8. The first-order valence-electron chi connectivity index (χ1n) is 9.62. The Hall–Kier alpha value is -2.16. The Balaban J connectivity index is 0.00000420. The average molecular weight is 512 g/mol. The SMILES string of the molecule is CCNC(=O)c1cccc(CN=C(NCC)NC(C)c2ccc(C)c(F)c2)c1.I. The van der Waals surface area contributed by atoms with Crippen molar-refractivity contribution in [1.82, 2.24) is 16.0 Å². The van der Waals surface area contributed by atoms with E-state index in [4.69, 9.17) is 0 Å². The number of benzene rings is 2. The molecule has 0 spiro atoms. The molecule has 0 aliphatic rings. The third-order valence-corrected chi connectivity index (χ3v) is 4.34. The molecule has 2 aromatic rings. The van der Waals surface area contributed by atoms with E-state index in [-0.39, 0.29) is 41.7 Å². The zero-order valence-electron chi connectivity index (χ0n) is 17.4.